The predicted octanol–water partition coefficient (Wildman–Crippen LogP) is 3.58. The fraction of sp³-hybridized carbons (Fsp3) is 0.250. The van der Waals surface area contributed by atoms with Gasteiger partial charge in [-0.05, 0) is 30.3 Å². The number of hydrogen-bond acceptors (Lipinski definition) is 6. The number of halogens is 1. The number of ether oxygens (including phenoxy) is 3. The number of hydrogen-bond donors (Lipinski definition) is 1. The van der Waals surface area contributed by atoms with Gasteiger partial charge in [-0.3, -0.25) is 4.79 Å². The minimum absolute atomic E-state index is 0.0551. The van der Waals surface area contributed by atoms with Gasteiger partial charge in [-0.25, -0.2) is 0 Å². The van der Waals surface area contributed by atoms with E-state index in [2.05, 4.69) is 0 Å². The van der Waals surface area contributed by atoms with E-state index in [9.17, 15) is 4.79 Å². The SMILES string of the molecule is COc1cc2c(cc1/C=C(/Cl)C(=O)c1ccc(N)c(N(C)C)c1)OCCO2. The number of carbonyl (C=O) groups is 1. The molecule has 6 nitrogen and oxygen atoms in total. The monoisotopic (exact) mass is 388 g/mol. The first-order chi connectivity index (χ1) is 12.9. The Kier molecular flexibility index (Phi) is 5.46. The fourth-order valence-corrected chi connectivity index (χ4v) is 3.01. The molecular formula is C20H21ClN2O4. The van der Waals surface area contributed by atoms with Crippen LogP contribution in [0.3, 0.4) is 0 Å². The van der Waals surface area contributed by atoms with E-state index >= 15 is 0 Å². The summed E-state index contributed by atoms with van der Waals surface area (Å²) in [7, 11) is 5.26. The van der Waals surface area contributed by atoms with Gasteiger partial charge in [0, 0.05) is 31.3 Å². The van der Waals surface area contributed by atoms with E-state index in [1.54, 1.807) is 43.5 Å². The van der Waals surface area contributed by atoms with Gasteiger partial charge in [0.05, 0.1) is 23.5 Å². The predicted molar refractivity (Wildman–Crippen MR) is 107 cm³/mol. The van der Waals surface area contributed by atoms with Crippen LogP contribution in [0.1, 0.15) is 15.9 Å². The second-order valence-corrected chi connectivity index (χ2v) is 6.63. The number of benzene rings is 2. The summed E-state index contributed by atoms with van der Waals surface area (Å²) >= 11 is 6.32. The number of nitrogens with zero attached hydrogens (tertiary/aromatic N) is 1. The van der Waals surface area contributed by atoms with Crippen molar-refractivity contribution in [2.45, 2.75) is 0 Å². The molecule has 0 atom stereocenters. The number of allylic oxidation sites excluding steroid dienone is 1. The lowest BCUT2D eigenvalue weighted by molar-refractivity contribution is 0.104. The molecule has 2 N–H and O–H groups in total. The number of nitrogens with two attached hydrogens (primary N) is 1. The van der Waals surface area contributed by atoms with Crippen LogP contribution >= 0.6 is 11.6 Å². The van der Waals surface area contributed by atoms with Gasteiger partial charge in [0.25, 0.3) is 0 Å². The maximum Gasteiger partial charge on any atom is 0.204 e. The third-order valence-electron chi connectivity index (χ3n) is 4.17. The van der Waals surface area contributed by atoms with Crippen molar-refractivity contribution in [2.75, 3.05) is 45.1 Å². The number of anilines is 2. The van der Waals surface area contributed by atoms with Gasteiger partial charge in [0.2, 0.25) is 5.78 Å². The first kappa shape index (κ1) is 18.9. The van der Waals surface area contributed by atoms with Gasteiger partial charge in [-0.2, -0.15) is 0 Å². The van der Waals surface area contributed by atoms with Crippen LogP contribution in [0.5, 0.6) is 17.2 Å². The molecule has 27 heavy (non-hydrogen) atoms. The average molecular weight is 389 g/mol. The van der Waals surface area contributed by atoms with Crippen molar-refractivity contribution in [3.63, 3.8) is 0 Å². The van der Waals surface area contributed by atoms with E-state index in [0.29, 0.717) is 47.3 Å². The summed E-state index contributed by atoms with van der Waals surface area (Å²) in [6.07, 6.45) is 1.56. The molecule has 1 aliphatic heterocycles. The Morgan fingerprint density at radius 2 is 1.85 bits per heavy atom. The maximum absolute atomic E-state index is 12.8. The molecule has 1 heterocycles. The molecule has 2 aromatic rings. The van der Waals surface area contributed by atoms with Gasteiger partial charge in [0.1, 0.15) is 19.0 Å². The molecule has 0 saturated heterocycles. The second-order valence-electron chi connectivity index (χ2n) is 6.23. The summed E-state index contributed by atoms with van der Waals surface area (Å²) in [4.78, 5) is 14.6. The van der Waals surface area contributed by atoms with Crippen molar-refractivity contribution >= 4 is 34.8 Å². The lowest BCUT2D eigenvalue weighted by atomic mass is 10.1. The Hall–Kier alpha value is -2.86. The van der Waals surface area contributed by atoms with Crippen molar-refractivity contribution in [3.05, 3.63) is 46.5 Å². The van der Waals surface area contributed by atoms with E-state index in [-0.39, 0.29) is 10.8 Å². The first-order valence-electron chi connectivity index (χ1n) is 8.37. The highest BCUT2D eigenvalue weighted by Gasteiger charge is 2.18. The molecule has 7 heteroatoms. The molecule has 0 fully saturated rings. The smallest absolute Gasteiger partial charge is 0.204 e. The highest BCUT2D eigenvalue weighted by Crippen LogP contribution is 2.38. The van der Waals surface area contributed by atoms with Crippen LogP contribution in [0.25, 0.3) is 6.08 Å². The van der Waals surface area contributed by atoms with Gasteiger partial charge in [0.15, 0.2) is 11.5 Å². The third-order valence-corrected chi connectivity index (χ3v) is 4.45. The fourth-order valence-electron chi connectivity index (χ4n) is 2.79. The summed E-state index contributed by atoms with van der Waals surface area (Å²) < 4.78 is 16.5. The molecular weight excluding hydrogens is 368 g/mol. The van der Waals surface area contributed by atoms with Crippen molar-refractivity contribution in [1.82, 2.24) is 0 Å². The molecule has 3 rings (SSSR count). The van der Waals surface area contributed by atoms with Crippen LogP contribution in [0.2, 0.25) is 0 Å². The number of carbonyl (C=O) groups excluding carboxylic acids is 1. The van der Waals surface area contributed by atoms with Crippen LogP contribution in [0.15, 0.2) is 35.4 Å². The van der Waals surface area contributed by atoms with Crippen LogP contribution in [0.4, 0.5) is 11.4 Å². The minimum Gasteiger partial charge on any atom is -0.496 e. The summed E-state index contributed by atoms with van der Waals surface area (Å²) in [6.45, 7) is 0.948. The molecule has 0 saturated carbocycles. The Morgan fingerprint density at radius 3 is 2.48 bits per heavy atom. The minimum atomic E-state index is -0.309. The van der Waals surface area contributed by atoms with Gasteiger partial charge in [-0.15, -0.1) is 0 Å². The van der Waals surface area contributed by atoms with Crippen molar-refractivity contribution in [3.8, 4) is 17.2 Å². The summed E-state index contributed by atoms with van der Waals surface area (Å²) in [5.74, 6) is 1.42. The number of fused-ring (bicyclic) bond motifs is 1. The lowest BCUT2D eigenvalue weighted by Gasteiger charge is -2.20. The van der Waals surface area contributed by atoms with E-state index < -0.39 is 0 Å². The molecule has 0 radical (unpaired) electrons. The number of methoxy groups -OCH3 is 1. The molecule has 0 spiro atoms. The Balaban J connectivity index is 1.95. The zero-order valence-corrected chi connectivity index (χ0v) is 16.2. The highest BCUT2D eigenvalue weighted by atomic mass is 35.5. The van der Waals surface area contributed by atoms with Gasteiger partial charge < -0.3 is 24.8 Å². The van der Waals surface area contributed by atoms with Crippen molar-refractivity contribution in [2.24, 2.45) is 0 Å². The van der Waals surface area contributed by atoms with Crippen LogP contribution < -0.4 is 24.8 Å². The first-order valence-corrected chi connectivity index (χ1v) is 8.75. The summed E-state index contributed by atoms with van der Waals surface area (Å²) in [5.41, 5.74) is 8.37. The highest BCUT2D eigenvalue weighted by molar-refractivity contribution is 6.47. The molecule has 0 aliphatic carbocycles. The summed E-state index contributed by atoms with van der Waals surface area (Å²) in [6, 6.07) is 8.54. The van der Waals surface area contributed by atoms with Crippen LogP contribution in [-0.2, 0) is 0 Å². The molecule has 142 valence electrons. The van der Waals surface area contributed by atoms with E-state index in [4.69, 9.17) is 31.5 Å². The quantitative estimate of drug-likeness (QED) is 0.479. The largest absolute Gasteiger partial charge is 0.496 e. The van der Waals surface area contributed by atoms with E-state index in [0.717, 1.165) is 5.69 Å². The number of nitrogen functional groups attached to an aromatic ring is 1. The maximum atomic E-state index is 12.8. The molecule has 2 aromatic carbocycles. The second kappa shape index (κ2) is 7.80. The molecule has 0 aromatic heterocycles. The number of ketones is 1. The van der Waals surface area contributed by atoms with Crippen molar-refractivity contribution < 1.29 is 19.0 Å². The van der Waals surface area contributed by atoms with E-state index in [1.807, 2.05) is 19.0 Å². The molecule has 1 aliphatic rings. The Bertz CT molecular complexity index is 909. The normalized spacial score (nSPS) is 13.3. The van der Waals surface area contributed by atoms with Gasteiger partial charge >= 0.3 is 0 Å². The van der Waals surface area contributed by atoms with E-state index in [1.165, 1.54) is 0 Å². The number of rotatable bonds is 5. The zero-order valence-electron chi connectivity index (χ0n) is 15.4. The Labute approximate surface area is 163 Å². The molecule has 0 amide bonds. The lowest BCUT2D eigenvalue weighted by Crippen LogP contribution is -2.15. The topological polar surface area (TPSA) is 74.0 Å². The molecule has 0 unspecified atom stereocenters. The number of Topliss-reactive ketones (excluding diaryl/α,β-unsaturated/α-hetero) is 1. The van der Waals surface area contributed by atoms with Crippen molar-refractivity contribution in [1.29, 1.82) is 0 Å². The molecule has 0 bridgehead atoms. The average Bonchev–Trinajstić information content (AvgIpc) is 2.66. The third kappa shape index (κ3) is 3.95. The standard InChI is InChI=1S/C20H21ClN2O4/c1-23(2)16-9-12(4-5-15(16)22)20(24)14(21)8-13-10-18-19(11-17(13)25-3)27-7-6-26-18/h4-5,8-11H,6-7,22H2,1-3H3/b14-8+. The van der Waals surface area contributed by atoms with Gasteiger partial charge in [-0.1, -0.05) is 11.6 Å². The Morgan fingerprint density at radius 1 is 1.19 bits per heavy atom. The summed E-state index contributed by atoms with van der Waals surface area (Å²) in [5, 5.41) is 0.0551. The van der Waals surface area contributed by atoms with Crippen LogP contribution in [-0.4, -0.2) is 40.2 Å². The zero-order chi connectivity index (χ0) is 19.6. The van der Waals surface area contributed by atoms with Crippen LogP contribution in [0, 0.1) is 0 Å².